The van der Waals surface area contributed by atoms with Crippen molar-refractivity contribution in [3.8, 4) is 11.5 Å². The van der Waals surface area contributed by atoms with Crippen LogP contribution in [0.25, 0.3) is 0 Å². The largest absolute Gasteiger partial charge is 0.454 e. The fraction of sp³-hybridized carbons (Fsp3) is 0.435. The summed E-state index contributed by atoms with van der Waals surface area (Å²) in [6.45, 7) is 10.3. The van der Waals surface area contributed by atoms with Crippen molar-refractivity contribution >= 4 is 5.91 Å². The van der Waals surface area contributed by atoms with E-state index in [-0.39, 0.29) is 18.7 Å². The van der Waals surface area contributed by atoms with Gasteiger partial charge in [0.25, 0.3) is 5.91 Å². The molecule has 4 rings (SSSR count). The van der Waals surface area contributed by atoms with E-state index in [1.54, 1.807) is 4.90 Å². The Bertz CT molecular complexity index is 862. The average Bonchev–Trinajstić information content (AvgIpc) is 3.20. The molecule has 2 aliphatic heterocycles. The Labute approximate surface area is 172 Å². The van der Waals surface area contributed by atoms with Crippen molar-refractivity contribution in [3.63, 3.8) is 0 Å². The molecule has 6 nitrogen and oxygen atoms in total. The lowest BCUT2D eigenvalue weighted by Gasteiger charge is -2.32. The van der Waals surface area contributed by atoms with Crippen LogP contribution in [0.1, 0.15) is 23.6 Å². The summed E-state index contributed by atoms with van der Waals surface area (Å²) in [5.41, 5.74) is 3.74. The SMILES string of the molecule is Cc1cccc(C[NH+]2CC[NH+]([C@H](C)C(=O)NCc3ccc4c(c3)OCO4)CC2)c1. The van der Waals surface area contributed by atoms with Gasteiger partial charge in [0.05, 0.1) is 0 Å². The molecule has 2 aromatic rings. The van der Waals surface area contributed by atoms with Crippen LogP contribution in [0.3, 0.4) is 0 Å². The summed E-state index contributed by atoms with van der Waals surface area (Å²) < 4.78 is 10.7. The molecule has 2 heterocycles. The van der Waals surface area contributed by atoms with Crippen molar-refractivity contribution in [1.82, 2.24) is 5.32 Å². The van der Waals surface area contributed by atoms with Crippen molar-refractivity contribution in [3.05, 3.63) is 59.2 Å². The summed E-state index contributed by atoms with van der Waals surface area (Å²) in [6.07, 6.45) is 0. The summed E-state index contributed by atoms with van der Waals surface area (Å²) in [5, 5.41) is 3.08. The van der Waals surface area contributed by atoms with Gasteiger partial charge in [-0.05, 0) is 31.5 Å². The number of hydrogen-bond acceptors (Lipinski definition) is 3. The molecular weight excluding hydrogens is 366 g/mol. The standard InChI is InChI=1S/C23H29N3O3/c1-17-4-3-5-20(12-17)15-25-8-10-26(11-9-25)18(2)23(27)24-14-19-6-7-21-22(13-19)29-16-28-21/h3-7,12-13,18H,8-11,14-16H2,1-2H3,(H,24,27)/p+2/t18-/m1/s1. The average molecular weight is 398 g/mol. The number of hydrogen-bond donors (Lipinski definition) is 3. The molecule has 2 aromatic carbocycles. The van der Waals surface area contributed by atoms with Crippen LogP contribution in [0.5, 0.6) is 11.5 Å². The predicted molar refractivity (Wildman–Crippen MR) is 110 cm³/mol. The lowest BCUT2D eigenvalue weighted by atomic mass is 10.1. The molecule has 1 saturated heterocycles. The maximum Gasteiger partial charge on any atom is 0.278 e. The summed E-state index contributed by atoms with van der Waals surface area (Å²) >= 11 is 0. The first kappa shape index (κ1) is 19.7. The summed E-state index contributed by atoms with van der Waals surface area (Å²) in [5.74, 6) is 1.63. The van der Waals surface area contributed by atoms with Crippen LogP contribution in [-0.2, 0) is 17.9 Å². The van der Waals surface area contributed by atoms with Crippen LogP contribution in [-0.4, -0.2) is 44.9 Å². The Morgan fingerprint density at radius 1 is 1.03 bits per heavy atom. The van der Waals surface area contributed by atoms with E-state index < -0.39 is 0 Å². The van der Waals surface area contributed by atoms with Crippen LogP contribution < -0.4 is 24.6 Å². The van der Waals surface area contributed by atoms with Crippen LogP contribution in [0.15, 0.2) is 42.5 Å². The Kier molecular flexibility index (Phi) is 6.02. The van der Waals surface area contributed by atoms with E-state index in [1.807, 2.05) is 25.1 Å². The second-order valence-corrected chi connectivity index (χ2v) is 8.20. The molecule has 0 bridgehead atoms. The second-order valence-electron chi connectivity index (χ2n) is 8.20. The predicted octanol–water partition coefficient (Wildman–Crippen LogP) is -0.288. The van der Waals surface area contributed by atoms with Crippen molar-refractivity contribution in [1.29, 1.82) is 0 Å². The molecule has 1 fully saturated rings. The number of quaternary nitrogens is 2. The highest BCUT2D eigenvalue weighted by molar-refractivity contribution is 5.79. The number of benzene rings is 2. The smallest absolute Gasteiger partial charge is 0.278 e. The third-order valence-corrected chi connectivity index (χ3v) is 6.05. The lowest BCUT2D eigenvalue weighted by Crippen LogP contribution is -3.29. The number of amides is 1. The molecule has 1 atom stereocenters. The van der Waals surface area contributed by atoms with Crippen molar-refractivity contribution < 1.29 is 24.1 Å². The molecule has 2 aliphatic rings. The molecule has 6 heteroatoms. The molecule has 0 saturated carbocycles. The fourth-order valence-corrected chi connectivity index (χ4v) is 4.22. The first-order valence-corrected chi connectivity index (χ1v) is 10.5. The van der Waals surface area contributed by atoms with E-state index in [0.29, 0.717) is 6.54 Å². The van der Waals surface area contributed by atoms with Gasteiger partial charge in [-0.25, -0.2) is 0 Å². The van der Waals surface area contributed by atoms with Crippen LogP contribution >= 0.6 is 0 Å². The molecule has 0 radical (unpaired) electrons. The summed E-state index contributed by atoms with van der Waals surface area (Å²) in [7, 11) is 0. The van der Waals surface area contributed by atoms with Crippen LogP contribution in [0.2, 0.25) is 0 Å². The zero-order valence-electron chi connectivity index (χ0n) is 17.3. The molecule has 0 unspecified atom stereocenters. The number of fused-ring (bicyclic) bond motifs is 1. The van der Waals surface area contributed by atoms with Gasteiger partial charge >= 0.3 is 0 Å². The monoisotopic (exact) mass is 397 g/mol. The van der Waals surface area contributed by atoms with E-state index in [1.165, 1.54) is 16.0 Å². The normalized spacial score (nSPS) is 21.6. The Morgan fingerprint density at radius 2 is 1.83 bits per heavy atom. The minimum absolute atomic E-state index is 0.0375. The van der Waals surface area contributed by atoms with E-state index in [2.05, 4.69) is 36.5 Å². The van der Waals surface area contributed by atoms with E-state index in [0.717, 1.165) is 49.8 Å². The molecule has 0 spiro atoms. The first-order valence-electron chi connectivity index (χ1n) is 10.5. The highest BCUT2D eigenvalue weighted by Crippen LogP contribution is 2.32. The summed E-state index contributed by atoms with van der Waals surface area (Å²) in [6, 6.07) is 14.5. The summed E-state index contributed by atoms with van der Waals surface area (Å²) in [4.78, 5) is 15.6. The van der Waals surface area contributed by atoms with Gasteiger partial charge in [0, 0.05) is 12.1 Å². The number of piperazine rings is 1. The molecular formula is C23H31N3O3+2. The van der Waals surface area contributed by atoms with Gasteiger partial charge < -0.3 is 24.6 Å². The van der Waals surface area contributed by atoms with E-state index in [4.69, 9.17) is 9.47 Å². The second kappa shape index (κ2) is 8.84. The number of nitrogens with one attached hydrogen (secondary N) is 3. The van der Waals surface area contributed by atoms with Gasteiger partial charge in [0.1, 0.15) is 32.7 Å². The van der Waals surface area contributed by atoms with Crippen molar-refractivity contribution in [2.45, 2.75) is 33.0 Å². The third kappa shape index (κ3) is 4.89. The number of ether oxygens (including phenoxy) is 2. The number of rotatable bonds is 6. The zero-order valence-corrected chi connectivity index (χ0v) is 17.3. The van der Waals surface area contributed by atoms with Crippen molar-refractivity contribution in [2.75, 3.05) is 33.0 Å². The Balaban J connectivity index is 1.23. The van der Waals surface area contributed by atoms with Crippen LogP contribution in [0.4, 0.5) is 0 Å². The first-order chi connectivity index (χ1) is 14.1. The molecule has 3 N–H and O–H groups in total. The Morgan fingerprint density at radius 3 is 2.62 bits per heavy atom. The topological polar surface area (TPSA) is 56.4 Å². The highest BCUT2D eigenvalue weighted by atomic mass is 16.7. The van der Waals surface area contributed by atoms with Gasteiger partial charge in [-0.3, -0.25) is 4.79 Å². The molecule has 1 amide bonds. The third-order valence-electron chi connectivity index (χ3n) is 6.05. The van der Waals surface area contributed by atoms with Gasteiger partial charge in [-0.15, -0.1) is 0 Å². The fourth-order valence-electron chi connectivity index (χ4n) is 4.22. The van der Waals surface area contributed by atoms with Crippen molar-refractivity contribution in [2.24, 2.45) is 0 Å². The van der Waals surface area contributed by atoms with Gasteiger partial charge in [-0.1, -0.05) is 35.9 Å². The highest BCUT2D eigenvalue weighted by Gasteiger charge is 2.31. The minimum atomic E-state index is -0.0375. The lowest BCUT2D eigenvalue weighted by molar-refractivity contribution is -1.02. The van der Waals surface area contributed by atoms with E-state index in [9.17, 15) is 4.79 Å². The number of aryl methyl sites for hydroxylation is 1. The molecule has 29 heavy (non-hydrogen) atoms. The maximum atomic E-state index is 12.7. The van der Waals surface area contributed by atoms with Gasteiger partial charge in [-0.2, -0.15) is 0 Å². The molecule has 0 aliphatic carbocycles. The van der Waals surface area contributed by atoms with E-state index >= 15 is 0 Å². The molecule has 154 valence electrons. The van der Waals surface area contributed by atoms with Gasteiger partial charge in [0.2, 0.25) is 6.79 Å². The van der Waals surface area contributed by atoms with Gasteiger partial charge in [0.15, 0.2) is 17.5 Å². The quantitative estimate of drug-likeness (QED) is 0.628. The Hall–Kier alpha value is -2.57. The number of carbonyl (C=O) groups excluding carboxylic acids is 1. The zero-order chi connectivity index (χ0) is 20.2. The molecule has 0 aromatic heterocycles. The minimum Gasteiger partial charge on any atom is -0.454 e. The maximum absolute atomic E-state index is 12.7. The number of carbonyl (C=O) groups is 1. The van der Waals surface area contributed by atoms with Crippen LogP contribution in [0, 0.1) is 6.92 Å².